The summed E-state index contributed by atoms with van der Waals surface area (Å²) >= 11 is 0. The van der Waals surface area contributed by atoms with Gasteiger partial charge in [-0.1, -0.05) is 0 Å². The third kappa shape index (κ3) is 3.96. The summed E-state index contributed by atoms with van der Waals surface area (Å²) in [7, 11) is 0. The van der Waals surface area contributed by atoms with Gasteiger partial charge in [0, 0.05) is 36.3 Å². The standard InChI is InChI=1S/C19H17F2N5O2/c1-12-17(13-2-5-23-6-3-13)15(4-7-24-12)18(28)25-10-16(27)26-11-19(20,21)8-14(26)9-22/h2-7,14H,8,10-11H2,1H3,(H,25,28). The average molecular weight is 385 g/mol. The molecule has 2 aromatic rings. The van der Waals surface area contributed by atoms with Gasteiger partial charge in [-0.05, 0) is 30.7 Å². The maximum Gasteiger partial charge on any atom is 0.268 e. The number of hydrogen-bond donors (Lipinski definition) is 1. The van der Waals surface area contributed by atoms with Gasteiger partial charge >= 0.3 is 0 Å². The van der Waals surface area contributed by atoms with Crippen LogP contribution < -0.4 is 5.32 Å². The first-order chi connectivity index (χ1) is 13.3. The number of carbonyl (C=O) groups is 2. The van der Waals surface area contributed by atoms with Crippen molar-refractivity contribution in [1.82, 2.24) is 20.2 Å². The zero-order valence-electron chi connectivity index (χ0n) is 15.0. The van der Waals surface area contributed by atoms with Crippen molar-refractivity contribution in [2.75, 3.05) is 13.1 Å². The molecule has 0 aliphatic carbocycles. The number of pyridine rings is 2. The lowest BCUT2D eigenvalue weighted by atomic mass is 9.99. The number of nitrogens with one attached hydrogen (secondary N) is 1. The third-order valence-corrected chi connectivity index (χ3v) is 4.49. The van der Waals surface area contributed by atoms with Gasteiger partial charge in [0.15, 0.2) is 0 Å². The SMILES string of the molecule is Cc1nccc(C(=O)NCC(=O)N2CC(F)(F)CC2C#N)c1-c1ccncc1. The van der Waals surface area contributed by atoms with Crippen molar-refractivity contribution < 1.29 is 18.4 Å². The number of rotatable bonds is 4. The van der Waals surface area contributed by atoms with Gasteiger partial charge in [0.25, 0.3) is 11.8 Å². The number of nitriles is 1. The molecule has 2 amide bonds. The first kappa shape index (κ1) is 19.4. The van der Waals surface area contributed by atoms with Crippen molar-refractivity contribution in [2.24, 2.45) is 0 Å². The Morgan fingerprint density at radius 2 is 2.04 bits per heavy atom. The monoisotopic (exact) mass is 385 g/mol. The fourth-order valence-electron chi connectivity index (χ4n) is 3.19. The van der Waals surface area contributed by atoms with Crippen LogP contribution in [0.2, 0.25) is 0 Å². The van der Waals surface area contributed by atoms with Crippen molar-refractivity contribution in [3.8, 4) is 17.2 Å². The van der Waals surface area contributed by atoms with Gasteiger partial charge in [-0.25, -0.2) is 8.78 Å². The van der Waals surface area contributed by atoms with E-state index in [0.717, 1.165) is 10.5 Å². The van der Waals surface area contributed by atoms with E-state index < -0.39 is 43.3 Å². The van der Waals surface area contributed by atoms with Crippen molar-refractivity contribution in [1.29, 1.82) is 5.26 Å². The molecule has 1 saturated heterocycles. The Bertz CT molecular complexity index is 943. The second-order valence-electron chi connectivity index (χ2n) is 6.46. The number of carbonyl (C=O) groups excluding carboxylic acids is 2. The molecule has 1 atom stereocenters. The summed E-state index contributed by atoms with van der Waals surface area (Å²) in [5, 5.41) is 11.4. The number of halogens is 2. The zero-order valence-corrected chi connectivity index (χ0v) is 15.0. The maximum absolute atomic E-state index is 13.5. The summed E-state index contributed by atoms with van der Waals surface area (Å²) in [6.45, 7) is 0.447. The highest BCUT2D eigenvalue weighted by Gasteiger charge is 2.47. The van der Waals surface area contributed by atoms with Gasteiger partial charge in [-0.15, -0.1) is 0 Å². The zero-order chi connectivity index (χ0) is 20.3. The Hall–Kier alpha value is -3.41. The predicted molar refractivity (Wildman–Crippen MR) is 95.2 cm³/mol. The van der Waals surface area contributed by atoms with Crippen molar-refractivity contribution >= 4 is 11.8 Å². The van der Waals surface area contributed by atoms with Crippen LogP contribution in [0.4, 0.5) is 8.78 Å². The van der Waals surface area contributed by atoms with Gasteiger partial charge in [-0.2, -0.15) is 5.26 Å². The quantitative estimate of drug-likeness (QED) is 0.867. The topological polar surface area (TPSA) is 99.0 Å². The highest BCUT2D eigenvalue weighted by atomic mass is 19.3. The molecule has 2 aromatic heterocycles. The summed E-state index contributed by atoms with van der Waals surface area (Å²) in [6, 6.07) is 5.49. The molecule has 0 radical (unpaired) electrons. The van der Waals surface area contributed by atoms with Crippen LogP contribution >= 0.6 is 0 Å². The second-order valence-corrected chi connectivity index (χ2v) is 6.46. The normalized spacial score (nSPS) is 17.8. The molecule has 3 rings (SSSR count). The first-order valence-electron chi connectivity index (χ1n) is 8.53. The van der Waals surface area contributed by atoms with Gasteiger partial charge in [-0.3, -0.25) is 19.6 Å². The highest BCUT2D eigenvalue weighted by Crippen LogP contribution is 2.31. The van der Waals surface area contributed by atoms with Crippen LogP contribution in [-0.2, 0) is 4.79 Å². The number of nitrogens with zero attached hydrogens (tertiary/aromatic N) is 4. The lowest BCUT2D eigenvalue weighted by Gasteiger charge is -2.19. The van der Waals surface area contributed by atoms with Gasteiger partial charge in [0.1, 0.15) is 6.04 Å². The Kier molecular flexibility index (Phi) is 5.31. The molecule has 144 valence electrons. The minimum Gasteiger partial charge on any atom is -0.343 e. The number of hydrogen-bond acceptors (Lipinski definition) is 5. The molecule has 1 N–H and O–H groups in total. The summed E-state index contributed by atoms with van der Waals surface area (Å²) in [5.74, 6) is -4.37. The lowest BCUT2D eigenvalue weighted by molar-refractivity contribution is -0.131. The predicted octanol–water partition coefficient (Wildman–Crippen LogP) is 1.94. The second kappa shape index (κ2) is 7.68. The molecule has 0 spiro atoms. The molecular formula is C19H17F2N5O2. The van der Waals surface area contributed by atoms with Crippen molar-refractivity contribution in [2.45, 2.75) is 25.3 Å². The summed E-state index contributed by atoms with van der Waals surface area (Å²) in [5.41, 5.74) is 2.25. The highest BCUT2D eigenvalue weighted by molar-refractivity contribution is 6.02. The first-order valence-corrected chi connectivity index (χ1v) is 8.53. The van der Waals surface area contributed by atoms with Crippen LogP contribution in [-0.4, -0.2) is 51.7 Å². The molecule has 7 nitrogen and oxygen atoms in total. The lowest BCUT2D eigenvalue weighted by Crippen LogP contribution is -2.43. The van der Waals surface area contributed by atoms with E-state index in [4.69, 9.17) is 5.26 Å². The molecule has 1 aliphatic rings. The summed E-state index contributed by atoms with van der Waals surface area (Å²) < 4.78 is 27.0. The summed E-state index contributed by atoms with van der Waals surface area (Å²) in [6.07, 6.45) is 3.95. The molecule has 0 aromatic carbocycles. The minimum atomic E-state index is -3.10. The van der Waals surface area contributed by atoms with Gasteiger partial charge in [0.05, 0.1) is 24.7 Å². The van der Waals surface area contributed by atoms with Crippen LogP contribution in [0.1, 0.15) is 22.5 Å². The number of aromatic nitrogens is 2. The minimum absolute atomic E-state index is 0.301. The van der Waals surface area contributed by atoms with Crippen LogP contribution in [0, 0.1) is 18.3 Å². The maximum atomic E-state index is 13.5. The molecule has 0 saturated carbocycles. The Labute approximate surface area is 160 Å². The molecule has 9 heteroatoms. The van der Waals surface area contributed by atoms with Gasteiger partial charge in [0.2, 0.25) is 5.91 Å². The fourth-order valence-corrected chi connectivity index (χ4v) is 3.19. The molecular weight excluding hydrogens is 368 g/mol. The Morgan fingerprint density at radius 1 is 1.32 bits per heavy atom. The fraction of sp³-hybridized carbons (Fsp3) is 0.316. The van der Waals surface area contributed by atoms with E-state index in [1.807, 2.05) is 0 Å². The van der Waals surface area contributed by atoms with E-state index in [9.17, 15) is 18.4 Å². The number of alkyl halides is 2. The van der Waals surface area contributed by atoms with E-state index in [0.29, 0.717) is 16.8 Å². The number of amides is 2. The molecule has 28 heavy (non-hydrogen) atoms. The van der Waals surface area contributed by atoms with Crippen LogP contribution in [0.3, 0.4) is 0 Å². The smallest absolute Gasteiger partial charge is 0.268 e. The van der Waals surface area contributed by atoms with Crippen LogP contribution in [0.15, 0.2) is 36.8 Å². The Morgan fingerprint density at radius 3 is 2.71 bits per heavy atom. The molecule has 1 unspecified atom stereocenters. The van der Waals surface area contributed by atoms with Crippen LogP contribution in [0.5, 0.6) is 0 Å². The number of aryl methyl sites for hydroxylation is 1. The van der Waals surface area contributed by atoms with Crippen LogP contribution in [0.25, 0.3) is 11.1 Å². The van der Waals surface area contributed by atoms with E-state index in [1.54, 1.807) is 37.5 Å². The third-order valence-electron chi connectivity index (χ3n) is 4.49. The molecule has 1 fully saturated rings. The molecule has 1 aliphatic heterocycles. The Balaban J connectivity index is 1.75. The van der Waals surface area contributed by atoms with Crippen molar-refractivity contribution in [3.05, 3.63) is 48.0 Å². The van der Waals surface area contributed by atoms with E-state index >= 15 is 0 Å². The summed E-state index contributed by atoms with van der Waals surface area (Å²) in [4.78, 5) is 33.9. The molecule has 3 heterocycles. The number of likely N-dealkylation sites (tertiary alicyclic amines) is 1. The average Bonchev–Trinajstić information content (AvgIpc) is 3.01. The van der Waals surface area contributed by atoms with Gasteiger partial charge < -0.3 is 10.2 Å². The largest absolute Gasteiger partial charge is 0.343 e. The van der Waals surface area contributed by atoms with E-state index in [2.05, 4.69) is 15.3 Å². The van der Waals surface area contributed by atoms with Crippen molar-refractivity contribution in [3.63, 3.8) is 0 Å². The molecule has 0 bridgehead atoms. The van der Waals surface area contributed by atoms with E-state index in [-0.39, 0.29) is 0 Å². The van der Waals surface area contributed by atoms with E-state index in [1.165, 1.54) is 12.3 Å².